The number of likely N-dealkylation sites (tertiary alicyclic amines) is 1. The summed E-state index contributed by atoms with van der Waals surface area (Å²) in [6.45, 7) is 7.14. The van der Waals surface area contributed by atoms with E-state index in [1.807, 2.05) is 19.1 Å². The summed E-state index contributed by atoms with van der Waals surface area (Å²) in [7, 11) is 0. The van der Waals surface area contributed by atoms with Crippen molar-refractivity contribution in [2.45, 2.75) is 25.8 Å². The number of aromatic nitrogens is 1. The van der Waals surface area contributed by atoms with Crippen molar-refractivity contribution >= 4 is 11.6 Å². The SMILES string of the molecule is C=C/C(NC(=O)c1nc(-c2c(F)cccc2F)ccc1N)=C(\C=C/C)N1CCC[C@@H](N)C1. The van der Waals surface area contributed by atoms with E-state index in [0.29, 0.717) is 12.2 Å². The van der Waals surface area contributed by atoms with Gasteiger partial charge in [0.1, 0.15) is 11.6 Å². The van der Waals surface area contributed by atoms with Crippen molar-refractivity contribution in [2.75, 3.05) is 18.8 Å². The lowest BCUT2D eigenvalue weighted by Gasteiger charge is -2.34. The zero-order chi connectivity index (χ0) is 23.3. The number of carbonyl (C=O) groups excluding carboxylic acids is 1. The first-order valence-corrected chi connectivity index (χ1v) is 10.4. The molecule has 1 aliphatic heterocycles. The minimum absolute atomic E-state index is 0.0280. The first-order chi connectivity index (χ1) is 15.3. The van der Waals surface area contributed by atoms with Crippen LogP contribution in [0, 0.1) is 11.6 Å². The lowest BCUT2D eigenvalue weighted by molar-refractivity contribution is 0.0962. The maximum Gasteiger partial charge on any atom is 0.276 e. The zero-order valence-electron chi connectivity index (χ0n) is 17.9. The van der Waals surface area contributed by atoms with Gasteiger partial charge in [-0.15, -0.1) is 0 Å². The number of allylic oxidation sites excluding steroid dienone is 3. The van der Waals surface area contributed by atoms with Crippen LogP contribution in [0.3, 0.4) is 0 Å². The normalized spacial score (nSPS) is 17.2. The van der Waals surface area contributed by atoms with Gasteiger partial charge >= 0.3 is 0 Å². The number of anilines is 1. The standard InChI is InChI=1S/C24H27F2N5O/c1-3-7-21(31-13-6-8-15(27)14-31)19(4-2)30-24(32)23-18(28)11-12-20(29-23)22-16(25)9-5-10-17(22)26/h3-5,7,9-12,15H,2,6,8,13-14,27-28H2,1H3,(H,30,32)/b7-3-,21-19-/t15-/m1/s1. The number of nitrogens with two attached hydrogens (primary N) is 2. The molecule has 0 aliphatic carbocycles. The van der Waals surface area contributed by atoms with E-state index in [2.05, 4.69) is 21.8 Å². The molecule has 1 saturated heterocycles. The highest BCUT2D eigenvalue weighted by Crippen LogP contribution is 2.26. The molecule has 1 amide bonds. The lowest BCUT2D eigenvalue weighted by Crippen LogP contribution is -2.43. The summed E-state index contributed by atoms with van der Waals surface area (Å²) in [4.78, 5) is 19.3. The van der Waals surface area contributed by atoms with Gasteiger partial charge < -0.3 is 21.7 Å². The third-order valence-corrected chi connectivity index (χ3v) is 5.21. The Labute approximate surface area is 186 Å². The highest BCUT2D eigenvalue weighted by Gasteiger charge is 2.22. The van der Waals surface area contributed by atoms with Crippen molar-refractivity contribution in [1.29, 1.82) is 0 Å². The molecule has 0 bridgehead atoms. The lowest BCUT2D eigenvalue weighted by atomic mass is 10.1. The Morgan fingerprint density at radius 3 is 2.62 bits per heavy atom. The molecule has 5 N–H and O–H groups in total. The number of pyridine rings is 1. The Bertz CT molecular complexity index is 1060. The van der Waals surface area contributed by atoms with Crippen LogP contribution in [0.4, 0.5) is 14.5 Å². The molecule has 0 saturated carbocycles. The smallest absolute Gasteiger partial charge is 0.276 e. The van der Waals surface area contributed by atoms with Crippen LogP contribution < -0.4 is 16.8 Å². The third-order valence-electron chi connectivity index (χ3n) is 5.21. The summed E-state index contributed by atoms with van der Waals surface area (Å²) in [5.41, 5.74) is 12.9. The van der Waals surface area contributed by atoms with Crippen LogP contribution >= 0.6 is 0 Å². The van der Waals surface area contributed by atoms with Gasteiger partial charge in [-0.2, -0.15) is 0 Å². The fourth-order valence-corrected chi connectivity index (χ4v) is 3.69. The summed E-state index contributed by atoms with van der Waals surface area (Å²) in [6, 6.07) is 6.32. The molecule has 1 aromatic heterocycles. The number of nitrogen functional groups attached to an aromatic ring is 1. The first-order valence-electron chi connectivity index (χ1n) is 10.4. The van der Waals surface area contributed by atoms with E-state index in [-0.39, 0.29) is 28.7 Å². The number of carbonyl (C=O) groups is 1. The predicted molar refractivity (Wildman–Crippen MR) is 122 cm³/mol. The highest BCUT2D eigenvalue weighted by atomic mass is 19.1. The fraction of sp³-hybridized carbons (Fsp3) is 0.250. The van der Waals surface area contributed by atoms with Crippen LogP contribution in [0.1, 0.15) is 30.3 Å². The van der Waals surface area contributed by atoms with Gasteiger partial charge in [-0.25, -0.2) is 13.8 Å². The molecule has 2 heterocycles. The quantitative estimate of drug-likeness (QED) is 0.596. The molecule has 1 fully saturated rings. The Morgan fingerprint density at radius 2 is 2.00 bits per heavy atom. The van der Waals surface area contributed by atoms with E-state index in [9.17, 15) is 13.6 Å². The van der Waals surface area contributed by atoms with Gasteiger partial charge in [-0.1, -0.05) is 18.7 Å². The number of hydrogen-bond donors (Lipinski definition) is 3. The monoisotopic (exact) mass is 439 g/mol. The van der Waals surface area contributed by atoms with E-state index in [4.69, 9.17) is 11.5 Å². The minimum Gasteiger partial charge on any atom is -0.397 e. The third kappa shape index (κ3) is 5.03. The van der Waals surface area contributed by atoms with Gasteiger partial charge in [0.25, 0.3) is 5.91 Å². The number of rotatable bonds is 6. The molecule has 8 heteroatoms. The maximum absolute atomic E-state index is 14.2. The van der Waals surface area contributed by atoms with Gasteiger partial charge in [0.2, 0.25) is 0 Å². The summed E-state index contributed by atoms with van der Waals surface area (Å²) >= 11 is 0. The van der Waals surface area contributed by atoms with Crippen molar-refractivity contribution < 1.29 is 13.6 Å². The van der Waals surface area contributed by atoms with E-state index in [1.165, 1.54) is 24.3 Å². The molecule has 0 radical (unpaired) electrons. The molecule has 0 spiro atoms. The van der Waals surface area contributed by atoms with Crippen molar-refractivity contribution in [3.05, 3.63) is 83.9 Å². The number of nitrogens with one attached hydrogen (secondary N) is 1. The Morgan fingerprint density at radius 1 is 1.28 bits per heavy atom. The molecule has 1 aromatic carbocycles. The molecule has 168 valence electrons. The zero-order valence-corrected chi connectivity index (χ0v) is 17.9. The fourth-order valence-electron chi connectivity index (χ4n) is 3.69. The van der Waals surface area contributed by atoms with Gasteiger partial charge in [0.05, 0.1) is 28.3 Å². The topological polar surface area (TPSA) is 97.3 Å². The number of halogens is 2. The van der Waals surface area contributed by atoms with Crippen LogP contribution in [0.5, 0.6) is 0 Å². The Balaban J connectivity index is 1.97. The number of nitrogens with zero attached hydrogens (tertiary/aromatic N) is 2. The highest BCUT2D eigenvalue weighted by molar-refractivity contribution is 5.99. The average molecular weight is 440 g/mol. The van der Waals surface area contributed by atoms with Crippen LogP contribution in [-0.2, 0) is 0 Å². The van der Waals surface area contributed by atoms with Crippen molar-refractivity contribution in [2.24, 2.45) is 5.73 Å². The summed E-state index contributed by atoms with van der Waals surface area (Å²) < 4.78 is 28.4. The van der Waals surface area contributed by atoms with Gasteiger partial charge in [-0.3, -0.25) is 4.79 Å². The second-order valence-electron chi connectivity index (χ2n) is 7.54. The van der Waals surface area contributed by atoms with E-state index >= 15 is 0 Å². The van der Waals surface area contributed by atoms with Crippen LogP contribution in [0.25, 0.3) is 11.3 Å². The van der Waals surface area contributed by atoms with Crippen molar-refractivity contribution in [3.63, 3.8) is 0 Å². The van der Waals surface area contributed by atoms with Gasteiger partial charge in [-0.05, 0) is 56.2 Å². The number of benzene rings is 1. The summed E-state index contributed by atoms with van der Waals surface area (Å²) in [5, 5.41) is 2.79. The second kappa shape index (κ2) is 10.2. The van der Waals surface area contributed by atoms with E-state index in [1.54, 1.807) is 0 Å². The number of hydrogen-bond acceptors (Lipinski definition) is 5. The van der Waals surface area contributed by atoms with Crippen molar-refractivity contribution in [1.82, 2.24) is 15.2 Å². The van der Waals surface area contributed by atoms with E-state index in [0.717, 1.165) is 37.2 Å². The molecule has 3 rings (SSSR count). The van der Waals surface area contributed by atoms with Gasteiger partial charge in [0.15, 0.2) is 5.69 Å². The molecule has 0 unspecified atom stereocenters. The van der Waals surface area contributed by atoms with Crippen LogP contribution in [-0.4, -0.2) is 34.9 Å². The molecule has 1 aliphatic rings. The molecular formula is C24H27F2N5O. The number of piperidine rings is 1. The molecule has 32 heavy (non-hydrogen) atoms. The predicted octanol–water partition coefficient (Wildman–Crippen LogP) is 3.74. The minimum atomic E-state index is -0.780. The molecular weight excluding hydrogens is 412 g/mol. The van der Waals surface area contributed by atoms with Crippen molar-refractivity contribution in [3.8, 4) is 11.3 Å². The van der Waals surface area contributed by atoms with E-state index < -0.39 is 17.5 Å². The maximum atomic E-state index is 14.2. The summed E-state index contributed by atoms with van der Waals surface area (Å²) in [6.07, 6.45) is 7.14. The second-order valence-corrected chi connectivity index (χ2v) is 7.54. The largest absolute Gasteiger partial charge is 0.397 e. The summed E-state index contributed by atoms with van der Waals surface area (Å²) in [5.74, 6) is -2.17. The Hall–Kier alpha value is -3.52. The average Bonchev–Trinajstić information content (AvgIpc) is 2.77. The molecule has 2 aromatic rings. The first kappa shape index (κ1) is 23.1. The van der Waals surface area contributed by atoms with Crippen LogP contribution in [0.2, 0.25) is 0 Å². The molecule has 1 atom stereocenters. The molecule has 6 nitrogen and oxygen atoms in total. The van der Waals surface area contributed by atoms with Crippen LogP contribution in [0.15, 0.2) is 66.5 Å². The van der Waals surface area contributed by atoms with Gasteiger partial charge in [0, 0.05) is 19.1 Å². The Kier molecular flexibility index (Phi) is 7.37. The number of amides is 1.